The van der Waals surface area contributed by atoms with Crippen molar-refractivity contribution >= 4 is 45.3 Å². The van der Waals surface area contributed by atoms with Gasteiger partial charge in [0.2, 0.25) is 12.2 Å². The van der Waals surface area contributed by atoms with Gasteiger partial charge in [-0.15, -0.1) is 0 Å². The Bertz CT molecular complexity index is 1920. The van der Waals surface area contributed by atoms with Crippen molar-refractivity contribution < 1.29 is 47.6 Å². The molecule has 0 unspecified atom stereocenters. The molecule has 286 valence electrons. The highest BCUT2D eigenvalue weighted by atomic mass is 16.6. The number of aryl methyl sites for hydroxylation is 2. The highest BCUT2D eigenvalue weighted by molar-refractivity contribution is 6.08. The molecule has 2 N–H and O–H groups in total. The lowest BCUT2D eigenvalue weighted by Gasteiger charge is -2.22. The maximum Gasteiger partial charge on any atom is 0.339 e. The molecule has 2 aliphatic heterocycles. The van der Waals surface area contributed by atoms with Gasteiger partial charge in [-0.3, -0.25) is 9.59 Å². The Labute approximate surface area is 314 Å². The van der Waals surface area contributed by atoms with Crippen LogP contribution < -0.4 is 20.1 Å². The number of ether oxygens (including phenoxy) is 6. The fourth-order valence-electron chi connectivity index (χ4n) is 6.59. The number of rotatable bonds is 17. The molecule has 6 rings (SSSR count). The highest BCUT2D eigenvalue weighted by Gasteiger charge is 2.54. The van der Waals surface area contributed by atoms with E-state index >= 15 is 0 Å². The van der Waals surface area contributed by atoms with Crippen molar-refractivity contribution in [2.24, 2.45) is 0 Å². The molecule has 0 aromatic heterocycles. The third-order valence-corrected chi connectivity index (χ3v) is 10.2. The molecule has 0 bridgehead atoms. The van der Waals surface area contributed by atoms with Crippen molar-refractivity contribution in [2.45, 2.75) is 76.8 Å². The van der Waals surface area contributed by atoms with Gasteiger partial charge in [0.05, 0.1) is 38.6 Å². The number of unbranched alkanes of at least 4 members (excludes halogenated alkanes) is 3. The first-order valence-electron chi connectivity index (χ1n) is 18.3. The Morgan fingerprint density at radius 1 is 0.630 bits per heavy atom. The van der Waals surface area contributed by atoms with E-state index in [0.29, 0.717) is 72.5 Å². The number of amides is 2. The van der Waals surface area contributed by atoms with Crippen LogP contribution in [0.5, 0.6) is 11.5 Å². The summed E-state index contributed by atoms with van der Waals surface area (Å²) in [5, 5.41) is 8.93. The number of benzene rings is 4. The van der Waals surface area contributed by atoms with E-state index in [1.165, 1.54) is 14.2 Å². The quantitative estimate of drug-likeness (QED) is 0.0778. The van der Waals surface area contributed by atoms with Gasteiger partial charge in [-0.1, -0.05) is 49.2 Å². The molecule has 2 aliphatic rings. The van der Waals surface area contributed by atoms with Crippen molar-refractivity contribution in [3.05, 3.63) is 82.9 Å². The first-order valence-corrected chi connectivity index (χ1v) is 18.3. The van der Waals surface area contributed by atoms with Crippen molar-refractivity contribution in [1.29, 1.82) is 0 Å². The van der Waals surface area contributed by atoms with Crippen molar-refractivity contribution in [1.82, 2.24) is 10.6 Å². The Hall–Kier alpha value is -5.20. The van der Waals surface area contributed by atoms with Crippen LogP contribution in [0.25, 0.3) is 21.5 Å². The standard InChI is InChI=1S/C42H48N2O10/c1-25-13-11-15-29-31(25)19-27(49-5)21-33(29)39(47)53-35(41(3)23-51-41)37(45)43-17-9-7-8-10-18-44-38(46)36(42(4)24-52-42)54-40(48)34-22-28(50-6)20-32-26(2)14-12-16-30(32)34/h11-16,19-22,35-36H,7-10,17-18,23-24H2,1-6H3,(H,43,45)(H,44,46)/t35-,36-,41+,42+/m1/s1. The summed E-state index contributed by atoms with van der Waals surface area (Å²) in [4.78, 5) is 53.5. The first-order chi connectivity index (χ1) is 25.9. The number of epoxide rings is 2. The third kappa shape index (κ3) is 8.45. The van der Waals surface area contributed by atoms with Crippen LogP contribution in [-0.2, 0) is 28.5 Å². The Kier molecular flexibility index (Phi) is 11.4. The van der Waals surface area contributed by atoms with E-state index in [-0.39, 0.29) is 0 Å². The maximum absolute atomic E-state index is 13.5. The van der Waals surface area contributed by atoms with Crippen LogP contribution in [0.1, 0.15) is 71.4 Å². The monoisotopic (exact) mass is 740 g/mol. The van der Waals surface area contributed by atoms with Crippen molar-refractivity contribution in [3.63, 3.8) is 0 Å². The van der Waals surface area contributed by atoms with Gasteiger partial charge >= 0.3 is 11.9 Å². The second-order valence-electron chi connectivity index (χ2n) is 14.5. The lowest BCUT2D eigenvalue weighted by molar-refractivity contribution is -0.133. The van der Waals surface area contributed by atoms with E-state index < -0.39 is 47.2 Å². The summed E-state index contributed by atoms with van der Waals surface area (Å²) in [6.07, 6.45) is 0.668. The second-order valence-corrected chi connectivity index (χ2v) is 14.5. The lowest BCUT2D eigenvalue weighted by Crippen LogP contribution is -2.46. The molecular formula is C42H48N2O10. The van der Waals surface area contributed by atoms with Gasteiger partial charge in [0, 0.05) is 13.1 Å². The highest BCUT2D eigenvalue weighted by Crippen LogP contribution is 2.36. The second kappa shape index (κ2) is 16.0. The van der Waals surface area contributed by atoms with Crippen LogP contribution >= 0.6 is 0 Å². The fourth-order valence-corrected chi connectivity index (χ4v) is 6.59. The molecule has 12 heteroatoms. The van der Waals surface area contributed by atoms with Gasteiger partial charge in [-0.05, 0) is 97.5 Å². The van der Waals surface area contributed by atoms with Gasteiger partial charge in [0.25, 0.3) is 11.8 Å². The predicted molar refractivity (Wildman–Crippen MR) is 202 cm³/mol. The first kappa shape index (κ1) is 38.5. The summed E-state index contributed by atoms with van der Waals surface area (Å²) in [6, 6.07) is 18.3. The number of methoxy groups -OCH3 is 2. The summed E-state index contributed by atoms with van der Waals surface area (Å²) in [6.45, 7) is 8.75. The molecule has 0 radical (unpaired) electrons. The number of hydrogen-bond acceptors (Lipinski definition) is 10. The molecular weight excluding hydrogens is 692 g/mol. The number of carbonyl (C=O) groups is 4. The predicted octanol–water partition coefficient (Wildman–Crippen LogP) is 5.75. The zero-order valence-corrected chi connectivity index (χ0v) is 31.7. The maximum atomic E-state index is 13.5. The summed E-state index contributed by atoms with van der Waals surface area (Å²) in [5.74, 6) is -1.08. The van der Waals surface area contributed by atoms with Gasteiger partial charge in [-0.25, -0.2) is 9.59 Å². The Morgan fingerprint density at radius 3 is 1.37 bits per heavy atom. The van der Waals surface area contributed by atoms with E-state index in [4.69, 9.17) is 28.4 Å². The molecule has 4 aromatic rings. The molecule has 2 amide bonds. The molecule has 2 saturated heterocycles. The Morgan fingerprint density at radius 2 is 1.02 bits per heavy atom. The molecule has 4 atom stereocenters. The van der Waals surface area contributed by atoms with E-state index in [9.17, 15) is 19.2 Å². The van der Waals surface area contributed by atoms with Crippen LogP contribution in [-0.4, -0.2) is 87.7 Å². The van der Waals surface area contributed by atoms with Crippen molar-refractivity contribution in [2.75, 3.05) is 40.5 Å². The number of carbonyl (C=O) groups excluding carboxylic acids is 4. The molecule has 0 aliphatic carbocycles. The molecule has 54 heavy (non-hydrogen) atoms. The minimum absolute atomic E-state index is 0.297. The van der Waals surface area contributed by atoms with E-state index in [0.717, 1.165) is 34.7 Å². The fraction of sp³-hybridized carbons (Fsp3) is 0.429. The SMILES string of the molecule is COc1cc(C(=O)O[C@H](C(=O)NCCCCCCNC(=O)[C@@H](OC(=O)c2cc(OC)cc3c(C)cccc23)[C@]2(C)CO2)[C@]2(C)CO2)c2cccc(C)c2c1. The largest absolute Gasteiger partial charge is 0.497 e. The average Bonchev–Trinajstić information content (AvgIpc) is 4.10. The molecule has 4 aromatic carbocycles. The third-order valence-electron chi connectivity index (χ3n) is 10.2. The smallest absolute Gasteiger partial charge is 0.339 e. The summed E-state index contributed by atoms with van der Waals surface area (Å²) in [5.41, 5.74) is 0.778. The van der Waals surface area contributed by atoms with Crippen LogP contribution in [0.15, 0.2) is 60.7 Å². The van der Waals surface area contributed by atoms with Crippen LogP contribution in [0.3, 0.4) is 0 Å². The van der Waals surface area contributed by atoms with Crippen LogP contribution in [0, 0.1) is 13.8 Å². The number of fused-ring (bicyclic) bond motifs is 2. The minimum Gasteiger partial charge on any atom is -0.497 e. The molecule has 0 spiro atoms. The van der Waals surface area contributed by atoms with E-state index in [1.54, 1.807) is 26.0 Å². The number of hydrogen-bond donors (Lipinski definition) is 2. The molecule has 0 saturated carbocycles. The number of nitrogens with one attached hydrogen (secondary N) is 2. The molecule has 12 nitrogen and oxygen atoms in total. The van der Waals surface area contributed by atoms with Crippen LogP contribution in [0.2, 0.25) is 0 Å². The topological polar surface area (TPSA) is 154 Å². The zero-order valence-electron chi connectivity index (χ0n) is 31.7. The van der Waals surface area contributed by atoms with Gasteiger partial charge < -0.3 is 39.1 Å². The molecule has 2 fully saturated rings. The Balaban J connectivity index is 0.963. The van der Waals surface area contributed by atoms with Crippen molar-refractivity contribution in [3.8, 4) is 11.5 Å². The molecule has 2 heterocycles. The lowest BCUT2D eigenvalue weighted by atomic mass is 9.99. The minimum atomic E-state index is -1.13. The van der Waals surface area contributed by atoms with E-state index in [1.807, 2.05) is 62.4 Å². The van der Waals surface area contributed by atoms with E-state index in [2.05, 4.69) is 10.6 Å². The summed E-state index contributed by atoms with van der Waals surface area (Å²) < 4.78 is 33.6. The van der Waals surface area contributed by atoms with Gasteiger partial charge in [0.15, 0.2) is 0 Å². The summed E-state index contributed by atoms with van der Waals surface area (Å²) >= 11 is 0. The van der Waals surface area contributed by atoms with Gasteiger partial charge in [0.1, 0.15) is 22.7 Å². The van der Waals surface area contributed by atoms with Gasteiger partial charge in [-0.2, -0.15) is 0 Å². The average molecular weight is 741 g/mol. The summed E-state index contributed by atoms with van der Waals surface area (Å²) in [7, 11) is 3.07. The zero-order chi connectivity index (χ0) is 38.6. The number of esters is 2. The normalized spacial score (nSPS) is 19.7. The van der Waals surface area contributed by atoms with Crippen LogP contribution in [0.4, 0.5) is 0 Å².